The molecule has 0 bridgehead atoms. The normalized spacial score (nSPS) is 9.60. The fraction of sp³-hybridized carbons (Fsp3) is 0.250. The number of primary amides is 1. The van der Waals surface area contributed by atoms with Crippen LogP contribution in [0.25, 0.3) is 0 Å². The summed E-state index contributed by atoms with van der Waals surface area (Å²) < 4.78 is 4.51. The highest BCUT2D eigenvalue weighted by molar-refractivity contribution is 5.64. The van der Waals surface area contributed by atoms with Gasteiger partial charge in [-0.25, -0.2) is 9.78 Å². The molecule has 7 N–H and O–H groups in total. The lowest BCUT2D eigenvalue weighted by Gasteiger charge is -2.06. The van der Waals surface area contributed by atoms with Crippen LogP contribution in [0.3, 0.4) is 0 Å². The summed E-state index contributed by atoms with van der Waals surface area (Å²) in [6.45, 7) is 0.570. The van der Waals surface area contributed by atoms with Gasteiger partial charge in [0.25, 0.3) is 0 Å². The molecule has 1 rings (SSSR count). The van der Waals surface area contributed by atoms with Crippen molar-refractivity contribution >= 4 is 23.4 Å². The molecule has 1 aromatic rings. The van der Waals surface area contributed by atoms with Crippen LogP contribution < -0.4 is 22.5 Å². The summed E-state index contributed by atoms with van der Waals surface area (Å²) in [6, 6.07) is 3.32. The lowest BCUT2D eigenvalue weighted by molar-refractivity contribution is 0.161. The molecule has 7 nitrogen and oxygen atoms in total. The van der Waals surface area contributed by atoms with Crippen LogP contribution in [-0.2, 0) is 4.74 Å². The second-order valence-electron chi connectivity index (χ2n) is 2.77. The number of carbonyl (C=O) groups excluding carboxylic acids is 1. The van der Waals surface area contributed by atoms with Crippen molar-refractivity contribution in [2.45, 2.75) is 0 Å². The van der Waals surface area contributed by atoms with Crippen molar-refractivity contribution in [3.8, 4) is 0 Å². The molecule has 0 atom stereocenters. The van der Waals surface area contributed by atoms with Crippen molar-refractivity contribution in [3.63, 3.8) is 0 Å². The Morgan fingerprint density at radius 3 is 2.80 bits per heavy atom. The third-order valence-corrected chi connectivity index (χ3v) is 1.61. The molecule has 0 unspecified atom stereocenters. The van der Waals surface area contributed by atoms with Crippen molar-refractivity contribution in [3.05, 3.63) is 12.1 Å². The number of ether oxygens (including phenoxy) is 1. The Balaban J connectivity index is 2.38. The molecule has 0 aliphatic rings. The summed E-state index contributed by atoms with van der Waals surface area (Å²) in [5.74, 6) is 0.825. The van der Waals surface area contributed by atoms with E-state index in [0.717, 1.165) is 0 Å². The number of carbonyl (C=O) groups is 1. The third-order valence-electron chi connectivity index (χ3n) is 1.61. The van der Waals surface area contributed by atoms with Crippen LogP contribution in [0.5, 0.6) is 0 Å². The molecule has 1 heterocycles. The summed E-state index contributed by atoms with van der Waals surface area (Å²) in [5.41, 5.74) is 16.2. The number of aromatic nitrogens is 1. The van der Waals surface area contributed by atoms with Gasteiger partial charge in [0.2, 0.25) is 0 Å². The Morgan fingerprint density at radius 2 is 2.20 bits per heavy atom. The standard InChI is InChI=1S/C8H13N5O2/c9-5-1-2-6(13-7(5)10)12-3-4-15-8(11)14/h1-2H,3-4,9H2,(H2,11,14)(H3,10,12,13). The molecule has 0 fully saturated rings. The summed E-state index contributed by atoms with van der Waals surface area (Å²) in [5, 5.41) is 2.89. The SMILES string of the molecule is NC(=O)OCCNc1ccc(N)c(N)n1. The summed E-state index contributed by atoms with van der Waals surface area (Å²) >= 11 is 0. The monoisotopic (exact) mass is 211 g/mol. The summed E-state index contributed by atoms with van der Waals surface area (Å²) in [6.07, 6.45) is -0.804. The molecular formula is C8H13N5O2. The van der Waals surface area contributed by atoms with Crippen molar-refractivity contribution in [1.29, 1.82) is 0 Å². The van der Waals surface area contributed by atoms with Crippen molar-refractivity contribution < 1.29 is 9.53 Å². The molecule has 0 spiro atoms. The van der Waals surface area contributed by atoms with E-state index in [9.17, 15) is 4.79 Å². The second-order valence-corrected chi connectivity index (χ2v) is 2.77. The molecule has 15 heavy (non-hydrogen) atoms. The van der Waals surface area contributed by atoms with E-state index >= 15 is 0 Å². The highest BCUT2D eigenvalue weighted by atomic mass is 16.5. The van der Waals surface area contributed by atoms with E-state index in [4.69, 9.17) is 17.2 Å². The maximum atomic E-state index is 10.2. The summed E-state index contributed by atoms with van der Waals surface area (Å²) in [4.78, 5) is 14.2. The average Bonchev–Trinajstić information content (AvgIpc) is 2.18. The topological polar surface area (TPSA) is 129 Å². The average molecular weight is 211 g/mol. The Kier molecular flexibility index (Phi) is 3.55. The van der Waals surface area contributed by atoms with Gasteiger partial charge < -0.3 is 27.3 Å². The van der Waals surface area contributed by atoms with Gasteiger partial charge in [0.05, 0.1) is 12.2 Å². The van der Waals surface area contributed by atoms with Crippen LogP contribution in [0.15, 0.2) is 12.1 Å². The molecule has 82 valence electrons. The number of hydrogen-bond acceptors (Lipinski definition) is 6. The molecule has 0 aromatic carbocycles. The zero-order chi connectivity index (χ0) is 11.3. The lowest BCUT2D eigenvalue weighted by Crippen LogP contribution is -2.18. The number of rotatable bonds is 4. The molecule has 0 radical (unpaired) electrons. The molecule has 0 saturated heterocycles. The first-order chi connectivity index (χ1) is 7.09. The number of pyridine rings is 1. The molecule has 7 heteroatoms. The zero-order valence-electron chi connectivity index (χ0n) is 8.06. The van der Waals surface area contributed by atoms with Gasteiger partial charge in [-0.1, -0.05) is 0 Å². The Labute approximate surface area is 86.6 Å². The van der Waals surface area contributed by atoms with Crippen molar-refractivity contribution in [1.82, 2.24) is 4.98 Å². The van der Waals surface area contributed by atoms with E-state index in [-0.39, 0.29) is 12.4 Å². The molecule has 0 saturated carbocycles. The number of anilines is 3. The molecular weight excluding hydrogens is 198 g/mol. The van der Waals surface area contributed by atoms with Crippen LogP contribution in [0.4, 0.5) is 22.1 Å². The first kappa shape index (κ1) is 10.9. The third kappa shape index (κ3) is 3.59. The van der Waals surface area contributed by atoms with E-state index in [0.29, 0.717) is 18.1 Å². The highest BCUT2D eigenvalue weighted by Crippen LogP contribution is 2.13. The molecule has 0 aliphatic heterocycles. The number of nitrogens with zero attached hydrogens (tertiary/aromatic N) is 1. The Hall–Kier alpha value is -2.18. The first-order valence-corrected chi connectivity index (χ1v) is 4.27. The number of hydrogen-bond donors (Lipinski definition) is 4. The minimum atomic E-state index is -0.804. The maximum absolute atomic E-state index is 10.2. The van der Waals surface area contributed by atoms with Gasteiger partial charge >= 0.3 is 6.09 Å². The fourth-order valence-electron chi connectivity index (χ4n) is 0.915. The summed E-state index contributed by atoms with van der Waals surface area (Å²) in [7, 11) is 0. The zero-order valence-corrected chi connectivity index (χ0v) is 8.06. The predicted octanol–water partition coefficient (Wildman–Crippen LogP) is -0.247. The Morgan fingerprint density at radius 1 is 1.47 bits per heavy atom. The van der Waals surface area contributed by atoms with Crippen LogP contribution in [0, 0.1) is 0 Å². The van der Waals surface area contributed by atoms with E-state index in [2.05, 4.69) is 15.0 Å². The first-order valence-electron chi connectivity index (χ1n) is 4.27. The van der Waals surface area contributed by atoms with Gasteiger partial charge in [-0.2, -0.15) is 0 Å². The number of nitrogen functional groups attached to an aromatic ring is 2. The van der Waals surface area contributed by atoms with Crippen molar-refractivity contribution in [2.75, 3.05) is 29.9 Å². The van der Waals surface area contributed by atoms with Crippen LogP contribution in [0.2, 0.25) is 0 Å². The Bertz CT molecular complexity index is 355. The van der Waals surface area contributed by atoms with Gasteiger partial charge in [-0.15, -0.1) is 0 Å². The second kappa shape index (κ2) is 4.89. The number of nitrogens with one attached hydrogen (secondary N) is 1. The van der Waals surface area contributed by atoms with E-state index in [1.54, 1.807) is 12.1 Å². The van der Waals surface area contributed by atoms with Crippen LogP contribution in [0.1, 0.15) is 0 Å². The largest absolute Gasteiger partial charge is 0.448 e. The van der Waals surface area contributed by atoms with Crippen LogP contribution >= 0.6 is 0 Å². The van der Waals surface area contributed by atoms with Gasteiger partial charge in [-0.3, -0.25) is 0 Å². The van der Waals surface area contributed by atoms with E-state index < -0.39 is 6.09 Å². The van der Waals surface area contributed by atoms with Gasteiger partial charge in [-0.05, 0) is 12.1 Å². The molecule has 1 amide bonds. The number of amides is 1. The van der Waals surface area contributed by atoms with E-state index in [1.807, 2.05) is 0 Å². The van der Waals surface area contributed by atoms with Gasteiger partial charge in [0.1, 0.15) is 18.2 Å². The highest BCUT2D eigenvalue weighted by Gasteiger charge is 1.98. The van der Waals surface area contributed by atoms with Crippen LogP contribution in [-0.4, -0.2) is 24.2 Å². The molecule has 1 aromatic heterocycles. The van der Waals surface area contributed by atoms with E-state index in [1.165, 1.54) is 0 Å². The molecule has 0 aliphatic carbocycles. The fourth-order valence-corrected chi connectivity index (χ4v) is 0.915. The number of nitrogens with two attached hydrogens (primary N) is 3. The van der Waals surface area contributed by atoms with Gasteiger partial charge in [0, 0.05) is 0 Å². The van der Waals surface area contributed by atoms with Crippen molar-refractivity contribution in [2.24, 2.45) is 5.73 Å². The van der Waals surface area contributed by atoms with Gasteiger partial charge in [0.15, 0.2) is 0 Å². The smallest absolute Gasteiger partial charge is 0.404 e. The predicted molar refractivity (Wildman–Crippen MR) is 57.1 cm³/mol. The maximum Gasteiger partial charge on any atom is 0.404 e. The minimum absolute atomic E-state index is 0.168. The quantitative estimate of drug-likeness (QED) is 0.508. The lowest BCUT2D eigenvalue weighted by atomic mass is 10.4. The minimum Gasteiger partial charge on any atom is -0.448 e.